The first-order valence-corrected chi connectivity index (χ1v) is 13.6. The first-order chi connectivity index (χ1) is 8.65. The largest absolute Gasteiger partial charge is 0.295 e. The predicted molar refractivity (Wildman–Crippen MR) is 90.5 cm³/mol. The van der Waals surface area contributed by atoms with Crippen molar-refractivity contribution in [3.8, 4) is 0 Å². The van der Waals surface area contributed by atoms with Crippen LogP contribution in [-0.4, -0.2) is 21.9 Å². The van der Waals surface area contributed by atoms with Crippen molar-refractivity contribution in [2.45, 2.75) is 44.8 Å². The number of carbonyl (C=O) groups is 1. The van der Waals surface area contributed by atoms with Gasteiger partial charge in [-0.3, -0.25) is 4.79 Å². The second-order valence-electron chi connectivity index (χ2n) is 6.90. The van der Waals surface area contributed by atoms with E-state index in [1.165, 1.54) is 5.19 Å². The van der Waals surface area contributed by atoms with Gasteiger partial charge in [0.05, 0.1) is 8.07 Å². The van der Waals surface area contributed by atoms with E-state index in [0.29, 0.717) is 5.16 Å². The van der Waals surface area contributed by atoms with Gasteiger partial charge < -0.3 is 0 Å². The molecule has 1 atom stereocenters. The molecule has 0 saturated heterocycles. The van der Waals surface area contributed by atoms with Crippen LogP contribution in [0.15, 0.2) is 42.5 Å². The molecule has 19 heavy (non-hydrogen) atoms. The molecule has 1 rings (SSSR count). The van der Waals surface area contributed by atoms with Crippen LogP contribution >= 0.6 is 0 Å². The zero-order valence-corrected chi connectivity index (χ0v) is 15.0. The van der Waals surface area contributed by atoms with E-state index in [4.69, 9.17) is 0 Å². The van der Waals surface area contributed by atoms with Crippen molar-refractivity contribution >= 4 is 27.1 Å². The first-order valence-electron chi connectivity index (χ1n) is 6.90. The Hall–Kier alpha value is -0.936. The van der Waals surface area contributed by atoms with E-state index in [-0.39, 0.29) is 5.78 Å². The lowest BCUT2D eigenvalue weighted by atomic mass is 10.4. The monoisotopic (exact) mass is 290 g/mol. The highest BCUT2D eigenvalue weighted by Crippen LogP contribution is 2.33. The molecule has 0 saturated carbocycles. The summed E-state index contributed by atoms with van der Waals surface area (Å²) >= 11 is 0. The maximum Gasteiger partial charge on any atom is 0.152 e. The van der Waals surface area contributed by atoms with Gasteiger partial charge in [0.15, 0.2) is 5.78 Å². The van der Waals surface area contributed by atoms with E-state index in [2.05, 4.69) is 69.1 Å². The van der Waals surface area contributed by atoms with Gasteiger partial charge in [-0.2, -0.15) is 0 Å². The van der Waals surface area contributed by atoms with E-state index in [1.807, 2.05) is 0 Å². The number of allylic oxidation sites excluding steroid dienone is 2. The van der Waals surface area contributed by atoms with Crippen LogP contribution in [0.1, 0.15) is 6.92 Å². The van der Waals surface area contributed by atoms with E-state index in [9.17, 15) is 4.79 Å². The summed E-state index contributed by atoms with van der Waals surface area (Å²) in [4.78, 5) is 11.3. The van der Waals surface area contributed by atoms with Crippen molar-refractivity contribution in [3.63, 3.8) is 0 Å². The number of ketones is 1. The van der Waals surface area contributed by atoms with Crippen LogP contribution in [0.4, 0.5) is 0 Å². The van der Waals surface area contributed by atoms with Gasteiger partial charge in [0, 0.05) is 8.07 Å². The Kier molecular flexibility index (Phi) is 5.10. The summed E-state index contributed by atoms with van der Waals surface area (Å²) in [5, 5.41) is 2.06. The van der Waals surface area contributed by atoms with Gasteiger partial charge in [-0.05, 0) is 18.2 Å². The van der Waals surface area contributed by atoms with E-state index in [1.54, 1.807) is 13.0 Å². The maximum absolute atomic E-state index is 11.3. The maximum atomic E-state index is 11.3. The minimum Gasteiger partial charge on any atom is -0.295 e. The lowest BCUT2D eigenvalue weighted by molar-refractivity contribution is -0.112. The molecular weight excluding hydrogens is 264 g/mol. The Morgan fingerprint density at radius 3 is 2.00 bits per heavy atom. The third kappa shape index (κ3) is 4.28. The van der Waals surface area contributed by atoms with Gasteiger partial charge in [0.1, 0.15) is 0 Å². The number of carbonyl (C=O) groups excluding carboxylic acids is 1. The predicted octanol–water partition coefficient (Wildman–Crippen LogP) is 3.99. The smallest absolute Gasteiger partial charge is 0.152 e. The van der Waals surface area contributed by atoms with Crippen molar-refractivity contribution in [1.29, 1.82) is 0 Å². The van der Waals surface area contributed by atoms with Crippen LogP contribution in [0.25, 0.3) is 0 Å². The van der Waals surface area contributed by atoms with Crippen molar-refractivity contribution in [1.82, 2.24) is 0 Å². The minimum absolute atomic E-state index is 0.154. The van der Waals surface area contributed by atoms with Gasteiger partial charge in [0.2, 0.25) is 0 Å². The van der Waals surface area contributed by atoms with E-state index >= 15 is 0 Å². The number of rotatable bonds is 5. The molecule has 0 N–H and O–H groups in total. The Bertz CT molecular complexity index is 455. The fourth-order valence-electron chi connectivity index (χ4n) is 2.89. The molecule has 1 aromatic carbocycles. The van der Waals surface area contributed by atoms with Crippen LogP contribution in [0.3, 0.4) is 0 Å². The van der Waals surface area contributed by atoms with Crippen LogP contribution in [0.2, 0.25) is 37.9 Å². The van der Waals surface area contributed by atoms with E-state index in [0.717, 1.165) is 0 Å². The molecule has 0 heterocycles. The number of hydrogen-bond acceptors (Lipinski definition) is 1. The molecule has 0 aromatic heterocycles. The highest BCUT2D eigenvalue weighted by Gasteiger charge is 2.40. The molecule has 0 aliphatic carbocycles. The normalized spacial score (nSPS) is 14.6. The molecule has 1 nitrogen and oxygen atoms in total. The highest BCUT2D eigenvalue weighted by atomic mass is 28.4. The zero-order chi connectivity index (χ0) is 14.7. The molecular formula is C16H26OSi2. The van der Waals surface area contributed by atoms with Crippen LogP contribution in [-0.2, 0) is 4.79 Å². The van der Waals surface area contributed by atoms with Gasteiger partial charge in [-0.1, -0.05) is 74.3 Å². The zero-order valence-electron chi connectivity index (χ0n) is 13.0. The van der Waals surface area contributed by atoms with Gasteiger partial charge >= 0.3 is 0 Å². The molecule has 0 bridgehead atoms. The average Bonchev–Trinajstić information content (AvgIpc) is 2.27. The van der Waals surface area contributed by atoms with Crippen LogP contribution in [0.5, 0.6) is 0 Å². The first kappa shape index (κ1) is 16.1. The molecule has 0 spiro atoms. The lowest BCUT2D eigenvalue weighted by Crippen LogP contribution is -2.53. The summed E-state index contributed by atoms with van der Waals surface area (Å²) in [5.74, 6) is 0.154. The SMILES string of the molecule is CC(=O)C=CC([Si](C)(C)C)[Si](C)(C)c1ccccc1. The standard InChI is InChI=1S/C16H26OSi2/c1-14(17)12-13-16(18(2,3)4)19(5,6)15-10-8-7-9-11-15/h7-13,16H,1-6H3. The Labute approximate surface area is 119 Å². The van der Waals surface area contributed by atoms with Crippen molar-refractivity contribution in [2.24, 2.45) is 0 Å². The molecule has 0 aliphatic rings. The average molecular weight is 291 g/mol. The van der Waals surface area contributed by atoms with Crippen molar-refractivity contribution < 1.29 is 4.79 Å². The molecule has 1 aromatic rings. The summed E-state index contributed by atoms with van der Waals surface area (Å²) in [6.45, 7) is 13.7. The molecule has 0 aliphatic heterocycles. The third-order valence-electron chi connectivity index (χ3n) is 3.75. The third-order valence-corrected chi connectivity index (χ3v) is 14.1. The van der Waals surface area contributed by atoms with Crippen LogP contribution in [0, 0.1) is 0 Å². The van der Waals surface area contributed by atoms with E-state index < -0.39 is 16.1 Å². The molecule has 0 radical (unpaired) electrons. The Morgan fingerprint density at radius 2 is 1.58 bits per heavy atom. The molecule has 3 heteroatoms. The van der Waals surface area contributed by atoms with Crippen molar-refractivity contribution in [3.05, 3.63) is 42.5 Å². The van der Waals surface area contributed by atoms with Gasteiger partial charge in [-0.15, -0.1) is 0 Å². The minimum atomic E-state index is -1.59. The number of benzene rings is 1. The highest BCUT2D eigenvalue weighted by molar-refractivity contribution is 7.03. The van der Waals surface area contributed by atoms with Crippen molar-refractivity contribution in [2.75, 3.05) is 0 Å². The Balaban J connectivity index is 3.21. The molecule has 0 fully saturated rings. The fourth-order valence-corrected chi connectivity index (χ4v) is 14.7. The fraction of sp³-hybridized carbons (Fsp3) is 0.438. The second-order valence-corrected chi connectivity index (χ2v) is 17.5. The van der Waals surface area contributed by atoms with Crippen LogP contribution < -0.4 is 5.19 Å². The lowest BCUT2D eigenvalue weighted by Gasteiger charge is -2.39. The summed E-state index contributed by atoms with van der Waals surface area (Å²) in [6.07, 6.45) is 3.98. The summed E-state index contributed by atoms with van der Waals surface area (Å²) < 4.78 is 0. The summed E-state index contributed by atoms with van der Waals surface area (Å²) in [7, 11) is -2.94. The molecule has 0 amide bonds. The molecule has 1 unspecified atom stereocenters. The Morgan fingerprint density at radius 1 is 1.05 bits per heavy atom. The number of hydrogen-bond donors (Lipinski definition) is 0. The van der Waals surface area contributed by atoms with Gasteiger partial charge in [-0.25, -0.2) is 0 Å². The quantitative estimate of drug-likeness (QED) is 0.592. The second kappa shape index (κ2) is 6.01. The summed E-state index contributed by atoms with van der Waals surface area (Å²) in [6, 6.07) is 10.8. The van der Waals surface area contributed by atoms with Gasteiger partial charge in [0.25, 0.3) is 0 Å². The topological polar surface area (TPSA) is 17.1 Å². The summed E-state index contributed by atoms with van der Waals surface area (Å²) in [5.41, 5.74) is 0. The molecule has 104 valence electrons.